The zero-order valence-electron chi connectivity index (χ0n) is 9.86. The first-order valence-corrected chi connectivity index (χ1v) is 6.55. The van der Waals surface area contributed by atoms with Crippen molar-refractivity contribution in [1.82, 2.24) is 5.32 Å². The summed E-state index contributed by atoms with van der Waals surface area (Å²) in [6, 6.07) is 11.2. The van der Waals surface area contributed by atoms with Crippen molar-refractivity contribution in [2.45, 2.75) is 43.4 Å². The van der Waals surface area contributed by atoms with Gasteiger partial charge in [0.25, 0.3) is 0 Å². The quantitative estimate of drug-likeness (QED) is 0.740. The second-order valence-corrected chi connectivity index (χ2v) is 5.45. The molecule has 0 amide bonds. The zero-order chi connectivity index (χ0) is 11.1. The fraction of sp³-hybridized carbons (Fsp3) is 0.538. The molecule has 0 aliphatic rings. The topological polar surface area (TPSA) is 12.0 Å². The fourth-order valence-corrected chi connectivity index (χ4v) is 2.87. The molecule has 1 aromatic carbocycles. The molecule has 0 aliphatic carbocycles. The van der Waals surface area contributed by atoms with Crippen LogP contribution in [0.2, 0.25) is 0 Å². The van der Waals surface area contributed by atoms with E-state index in [-0.39, 0.29) is 0 Å². The molecule has 1 aromatic rings. The molecule has 2 unspecified atom stereocenters. The van der Waals surface area contributed by atoms with E-state index >= 15 is 0 Å². The Balaban J connectivity index is 2.33. The summed E-state index contributed by atoms with van der Waals surface area (Å²) >= 11 is 1.96. The summed E-state index contributed by atoms with van der Waals surface area (Å²) in [4.78, 5) is 1.37. The van der Waals surface area contributed by atoms with Crippen molar-refractivity contribution in [2.24, 2.45) is 0 Å². The lowest BCUT2D eigenvalue weighted by molar-refractivity contribution is 0.530. The molecule has 1 rings (SSSR count). The summed E-state index contributed by atoms with van der Waals surface area (Å²) in [5, 5.41) is 4.12. The minimum absolute atomic E-state index is 0.612. The second-order valence-electron chi connectivity index (χ2n) is 3.94. The average Bonchev–Trinajstić information content (AvgIpc) is 2.19. The van der Waals surface area contributed by atoms with E-state index in [4.69, 9.17) is 0 Å². The Kier molecular flexibility index (Phi) is 5.81. The predicted octanol–water partition coefficient (Wildman–Crippen LogP) is 3.56. The molecule has 84 valence electrons. The lowest BCUT2D eigenvalue weighted by Crippen LogP contribution is -2.28. The molecule has 15 heavy (non-hydrogen) atoms. The van der Waals surface area contributed by atoms with E-state index in [1.807, 2.05) is 11.8 Å². The van der Waals surface area contributed by atoms with Crippen molar-refractivity contribution in [3.05, 3.63) is 30.3 Å². The minimum atomic E-state index is 0.612. The van der Waals surface area contributed by atoms with Crippen LogP contribution in [0.3, 0.4) is 0 Å². The molecule has 0 fully saturated rings. The van der Waals surface area contributed by atoms with Gasteiger partial charge in [-0.25, -0.2) is 0 Å². The van der Waals surface area contributed by atoms with Gasteiger partial charge in [0.05, 0.1) is 0 Å². The Morgan fingerprint density at radius 2 is 1.87 bits per heavy atom. The van der Waals surface area contributed by atoms with Gasteiger partial charge in [0.2, 0.25) is 0 Å². The highest BCUT2D eigenvalue weighted by molar-refractivity contribution is 7.99. The molecule has 0 spiro atoms. The number of benzene rings is 1. The van der Waals surface area contributed by atoms with Gasteiger partial charge in [0, 0.05) is 16.2 Å². The van der Waals surface area contributed by atoms with Crippen LogP contribution in [0.5, 0.6) is 0 Å². The second kappa shape index (κ2) is 6.91. The van der Waals surface area contributed by atoms with Gasteiger partial charge in [-0.3, -0.25) is 0 Å². The van der Waals surface area contributed by atoms with Crippen LogP contribution in [-0.2, 0) is 0 Å². The maximum absolute atomic E-state index is 3.45. The van der Waals surface area contributed by atoms with Crippen LogP contribution >= 0.6 is 11.8 Å². The van der Waals surface area contributed by atoms with Crippen LogP contribution in [0.1, 0.15) is 27.2 Å². The highest BCUT2D eigenvalue weighted by atomic mass is 32.2. The molecule has 0 aromatic heterocycles. The third-order valence-electron chi connectivity index (χ3n) is 2.32. The van der Waals surface area contributed by atoms with Crippen LogP contribution in [0, 0.1) is 0 Å². The Labute approximate surface area is 97.7 Å². The molecule has 0 heterocycles. The largest absolute Gasteiger partial charge is 0.314 e. The first-order chi connectivity index (χ1) is 7.22. The lowest BCUT2D eigenvalue weighted by atomic mass is 10.2. The summed E-state index contributed by atoms with van der Waals surface area (Å²) in [5.74, 6) is 0. The number of thioether (sulfide) groups is 1. The van der Waals surface area contributed by atoms with Gasteiger partial charge >= 0.3 is 0 Å². The van der Waals surface area contributed by atoms with E-state index in [0.29, 0.717) is 11.3 Å². The summed E-state index contributed by atoms with van der Waals surface area (Å²) < 4.78 is 0. The van der Waals surface area contributed by atoms with Crippen LogP contribution < -0.4 is 5.32 Å². The van der Waals surface area contributed by atoms with E-state index in [2.05, 4.69) is 56.4 Å². The first-order valence-electron chi connectivity index (χ1n) is 5.67. The number of rotatable bonds is 6. The van der Waals surface area contributed by atoms with Gasteiger partial charge < -0.3 is 5.32 Å². The van der Waals surface area contributed by atoms with E-state index in [9.17, 15) is 0 Å². The monoisotopic (exact) mass is 223 g/mol. The molecule has 0 saturated heterocycles. The van der Waals surface area contributed by atoms with Crippen LogP contribution in [0.4, 0.5) is 0 Å². The fourth-order valence-electron chi connectivity index (χ4n) is 1.71. The van der Waals surface area contributed by atoms with E-state index in [1.165, 1.54) is 11.3 Å². The van der Waals surface area contributed by atoms with Crippen LogP contribution in [0.25, 0.3) is 0 Å². The third-order valence-corrected chi connectivity index (χ3v) is 3.46. The average molecular weight is 223 g/mol. The maximum atomic E-state index is 3.45. The molecule has 0 aliphatic heterocycles. The molecule has 2 atom stereocenters. The lowest BCUT2D eigenvalue weighted by Gasteiger charge is -2.17. The van der Waals surface area contributed by atoms with Crippen molar-refractivity contribution in [3.8, 4) is 0 Å². The Hall–Kier alpha value is -0.470. The van der Waals surface area contributed by atoms with E-state index in [1.54, 1.807) is 0 Å². The third kappa shape index (κ3) is 5.24. The zero-order valence-corrected chi connectivity index (χ0v) is 10.7. The van der Waals surface area contributed by atoms with E-state index in [0.717, 1.165) is 6.54 Å². The maximum Gasteiger partial charge on any atom is 0.00807 e. The van der Waals surface area contributed by atoms with Gasteiger partial charge in [-0.05, 0) is 32.0 Å². The SMILES string of the molecule is CCNC(C)CC(C)Sc1ccccc1. The van der Waals surface area contributed by atoms with Gasteiger partial charge in [0.15, 0.2) is 0 Å². The molecule has 0 saturated carbocycles. The molecule has 0 bridgehead atoms. The summed E-state index contributed by atoms with van der Waals surface area (Å²) in [7, 11) is 0. The Morgan fingerprint density at radius 1 is 1.20 bits per heavy atom. The van der Waals surface area contributed by atoms with Crippen molar-refractivity contribution in [1.29, 1.82) is 0 Å². The molecule has 0 radical (unpaired) electrons. The molecule has 2 heteroatoms. The highest BCUT2D eigenvalue weighted by Crippen LogP contribution is 2.25. The van der Waals surface area contributed by atoms with Crippen molar-refractivity contribution < 1.29 is 0 Å². The Morgan fingerprint density at radius 3 is 2.47 bits per heavy atom. The minimum Gasteiger partial charge on any atom is -0.314 e. The molecular formula is C13H21NS. The number of nitrogens with one attached hydrogen (secondary N) is 1. The number of hydrogen-bond acceptors (Lipinski definition) is 2. The summed E-state index contributed by atoms with van der Waals surface area (Å²) in [6.07, 6.45) is 1.22. The van der Waals surface area contributed by atoms with Crippen molar-refractivity contribution >= 4 is 11.8 Å². The number of hydrogen-bond donors (Lipinski definition) is 1. The summed E-state index contributed by atoms with van der Waals surface area (Å²) in [5.41, 5.74) is 0. The molecular weight excluding hydrogens is 202 g/mol. The Bertz CT molecular complexity index is 260. The first kappa shape index (κ1) is 12.6. The predicted molar refractivity (Wildman–Crippen MR) is 69.5 cm³/mol. The normalized spacial score (nSPS) is 14.9. The van der Waals surface area contributed by atoms with Gasteiger partial charge in [-0.1, -0.05) is 32.0 Å². The highest BCUT2D eigenvalue weighted by Gasteiger charge is 2.08. The molecule has 1 nitrogen and oxygen atoms in total. The van der Waals surface area contributed by atoms with Crippen molar-refractivity contribution in [3.63, 3.8) is 0 Å². The smallest absolute Gasteiger partial charge is 0.00807 e. The van der Waals surface area contributed by atoms with Crippen LogP contribution in [-0.4, -0.2) is 17.8 Å². The van der Waals surface area contributed by atoms with Gasteiger partial charge in [0.1, 0.15) is 0 Å². The van der Waals surface area contributed by atoms with Crippen LogP contribution in [0.15, 0.2) is 35.2 Å². The van der Waals surface area contributed by atoms with Gasteiger partial charge in [-0.15, -0.1) is 11.8 Å². The van der Waals surface area contributed by atoms with E-state index < -0.39 is 0 Å². The standard InChI is InChI=1S/C13H21NS/c1-4-14-11(2)10-12(3)15-13-8-6-5-7-9-13/h5-9,11-12,14H,4,10H2,1-3H3. The molecule has 1 N–H and O–H groups in total. The van der Waals surface area contributed by atoms with Gasteiger partial charge in [-0.2, -0.15) is 0 Å². The van der Waals surface area contributed by atoms with Crippen molar-refractivity contribution in [2.75, 3.05) is 6.54 Å². The summed E-state index contributed by atoms with van der Waals surface area (Å²) in [6.45, 7) is 7.77.